The number of rotatable bonds is 10. The highest BCUT2D eigenvalue weighted by Crippen LogP contribution is 2.08. The minimum Gasteiger partial charge on any atom is -0.356 e. The summed E-state index contributed by atoms with van der Waals surface area (Å²) < 4.78 is 22.3. The van der Waals surface area contributed by atoms with Gasteiger partial charge in [0.25, 0.3) is 0 Å². The maximum atomic E-state index is 11.7. The molecule has 6 nitrogen and oxygen atoms in total. The Labute approximate surface area is 138 Å². The maximum Gasteiger partial charge on any atom is 0.238 e. The number of nitrogens with two attached hydrogens (primary N) is 1. The number of carbonyl (C=O) groups excluding carboxylic acids is 1. The van der Waals surface area contributed by atoms with Gasteiger partial charge in [0.15, 0.2) is 0 Å². The lowest BCUT2D eigenvalue weighted by atomic mass is 10.1. The summed E-state index contributed by atoms with van der Waals surface area (Å²) in [5.74, 6) is 0.681. The van der Waals surface area contributed by atoms with E-state index in [-0.39, 0.29) is 10.8 Å². The lowest BCUT2D eigenvalue weighted by Crippen LogP contribution is -2.29. The van der Waals surface area contributed by atoms with Gasteiger partial charge in [0, 0.05) is 19.5 Å². The Morgan fingerprint density at radius 3 is 2.35 bits per heavy atom. The molecule has 0 aromatic heterocycles. The van der Waals surface area contributed by atoms with E-state index in [0.717, 1.165) is 18.5 Å². The van der Waals surface area contributed by atoms with Gasteiger partial charge in [-0.25, -0.2) is 13.6 Å². The maximum absolute atomic E-state index is 11.7. The molecule has 0 aliphatic rings. The summed E-state index contributed by atoms with van der Waals surface area (Å²) in [4.78, 5) is 11.8. The zero-order valence-corrected chi connectivity index (χ0v) is 14.7. The Bertz CT molecular complexity index is 583. The zero-order valence-electron chi connectivity index (χ0n) is 13.8. The monoisotopic (exact) mass is 341 g/mol. The highest BCUT2D eigenvalue weighted by atomic mass is 32.2. The predicted molar refractivity (Wildman–Crippen MR) is 91.5 cm³/mol. The molecule has 0 atom stereocenters. The van der Waals surface area contributed by atoms with Crippen LogP contribution in [-0.4, -0.2) is 34.0 Å². The van der Waals surface area contributed by atoms with E-state index in [4.69, 9.17) is 5.14 Å². The molecule has 0 aliphatic carbocycles. The van der Waals surface area contributed by atoms with Gasteiger partial charge in [0.05, 0.1) is 4.90 Å². The van der Waals surface area contributed by atoms with Gasteiger partial charge in [-0.05, 0) is 43.0 Å². The summed E-state index contributed by atoms with van der Waals surface area (Å²) >= 11 is 0. The standard InChI is InChI=1S/C16H27N3O3S/c1-13(2)7-10-18-11-9-16(20)19-12-8-14-3-5-15(6-4-14)23(17,21)22/h3-6,13,18H,7-12H2,1-2H3,(H,19,20)(H2,17,21,22). The summed E-state index contributed by atoms with van der Waals surface area (Å²) in [5, 5.41) is 11.1. The molecule has 1 aromatic carbocycles. The van der Waals surface area contributed by atoms with Gasteiger partial charge in [-0.15, -0.1) is 0 Å². The number of sulfonamides is 1. The van der Waals surface area contributed by atoms with Gasteiger partial charge < -0.3 is 10.6 Å². The molecule has 130 valence electrons. The lowest BCUT2D eigenvalue weighted by molar-refractivity contribution is -0.120. The number of hydrogen-bond acceptors (Lipinski definition) is 4. The van der Waals surface area contributed by atoms with E-state index in [0.29, 0.717) is 31.8 Å². The molecule has 0 radical (unpaired) electrons. The number of amides is 1. The first-order valence-corrected chi connectivity index (χ1v) is 9.43. The third-order valence-corrected chi connectivity index (χ3v) is 4.34. The molecule has 1 rings (SSSR count). The van der Waals surface area contributed by atoms with Crippen LogP contribution in [0.4, 0.5) is 0 Å². The molecule has 1 aromatic rings. The fourth-order valence-corrected chi connectivity index (χ4v) is 2.51. The van der Waals surface area contributed by atoms with Crippen LogP contribution < -0.4 is 15.8 Å². The Hall–Kier alpha value is -1.44. The number of nitrogens with one attached hydrogen (secondary N) is 2. The summed E-state index contributed by atoms with van der Waals surface area (Å²) in [6, 6.07) is 6.37. The first kappa shape index (κ1) is 19.6. The van der Waals surface area contributed by atoms with Crippen molar-refractivity contribution in [3.8, 4) is 0 Å². The Kier molecular flexibility index (Phi) is 8.22. The van der Waals surface area contributed by atoms with Gasteiger partial charge in [0.1, 0.15) is 0 Å². The Balaban J connectivity index is 2.20. The van der Waals surface area contributed by atoms with Crippen molar-refractivity contribution >= 4 is 15.9 Å². The third kappa shape index (κ3) is 8.68. The minimum atomic E-state index is -3.65. The van der Waals surface area contributed by atoms with Crippen molar-refractivity contribution in [3.05, 3.63) is 29.8 Å². The van der Waals surface area contributed by atoms with Crippen LogP contribution in [0.1, 0.15) is 32.3 Å². The van der Waals surface area contributed by atoms with Gasteiger partial charge >= 0.3 is 0 Å². The van der Waals surface area contributed by atoms with E-state index in [1.165, 1.54) is 12.1 Å². The Morgan fingerprint density at radius 2 is 1.78 bits per heavy atom. The fourth-order valence-electron chi connectivity index (χ4n) is 2.00. The molecule has 7 heteroatoms. The predicted octanol–water partition coefficient (Wildman–Crippen LogP) is 1.02. The molecule has 4 N–H and O–H groups in total. The van der Waals surface area contributed by atoms with Gasteiger partial charge in [0.2, 0.25) is 15.9 Å². The van der Waals surface area contributed by atoms with E-state index < -0.39 is 10.0 Å². The quantitative estimate of drug-likeness (QED) is 0.553. The molecule has 0 fully saturated rings. The lowest BCUT2D eigenvalue weighted by Gasteiger charge is -2.08. The first-order chi connectivity index (χ1) is 10.8. The zero-order chi connectivity index (χ0) is 17.3. The smallest absolute Gasteiger partial charge is 0.238 e. The second-order valence-corrected chi connectivity index (χ2v) is 7.53. The van der Waals surface area contributed by atoms with Crippen LogP contribution in [-0.2, 0) is 21.2 Å². The van der Waals surface area contributed by atoms with Crippen LogP contribution in [0.2, 0.25) is 0 Å². The minimum absolute atomic E-state index is 0.0169. The molecule has 23 heavy (non-hydrogen) atoms. The van der Waals surface area contributed by atoms with Crippen LogP contribution in [0, 0.1) is 5.92 Å². The van der Waals surface area contributed by atoms with Crippen molar-refractivity contribution in [2.75, 3.05) is 19.6 Å². The van der Waals surface area contributed by atoms with Crippen molar-refractivity contribution in [1.29, 1.82) is 0 Å². The first-order valence-electron chi connectivity index (χ1n) is 7.88. The normalized spacial score (nSPS) is 11.7. The molecule has 0 aliphatic heterocycles. The Morgan fingerprint density at radius 1 is 1.13 bits per heavy atom. The van der Waals surface area contributed by atoms with Gasteiger partial charge in [-0.1, -0.05) is 26.0 Å². The molecule has 0 spiro atoms. The second-order valence-electron chi connectivity index (χ2n) is 5.97. The molecular formula is C16H27N3O3S. The van der Waals surface area contributed by atoms with Crippen molar-refractivity contribution in [1.82, 2.24) is 10.6 Å². The van der Waals surface area contributed by atoms with Crippen LogP contribution >= 0.6 is 0 Å². The van der Waals surface area contributed by atoms with Crippen LogP contribution in [0.5, 0.6) is 0 Å². The number of primary sulfonamides is 1. The summed E-state index contributed by atoms with van der Waals surface area (Å²) in [6.07, 6.45) is 2.22. The highest BCUT2D eigenvalue weighted by molar-refractivity contribution is 7.89. The van der Waals surface area contributed by atoms with E-state index >= 15 is 0 Å². The van der Waals surface area contributed by atoms with Gasteiger partial charge in [-0.2, -0.15) is 0 Å². The van der Waals surface area contributed by atoms with Crippen molar-refractivity contribution in [2.45, 2.75) is 38.0 Å². The van der Waals surface area contributed by atoms with Crippen LogP contribution in [0.15, 0.2) is 29.2 Å². The molecular weight excluding hydrogens is 314 g/mol. The molecule has 1 amide bonds. The van der Waals surface area contributed by atoms with Crippen molar-refractivity contribution < 1.29 is 13.2 Å². The third-order valence-electron chi connectivity index (χ3n) is 3.42. The second kappa shape index (κ2) is 9.64. The molecule has 0 bridgehead atoms. The van der Waals surface area contributed by atoms with Gasteiger partial charge in [-0.3, -0.25) is 4.79 Å². The van der Waals surface area contributed by atoms with E-state index in [1.54, 1.807) is 12.1 Å². The average molecular weight is 341 g/mol. The topological polar surface area (TPSA) is 101 Å². The molecule has 0 unspecified atom stereocenters. The number of carbonyl (C=O) groups is 1. The number of benzene rings is 1. The van der Waals surface area contributed by atoms with E-state index in [1.807, 2.05) is 0 Å². The fraction of sp³-hybridized carbons (Fsp3) is 0.562. The molecule has 0 saturated carbocycles. The molecule has 0 saturated heterocycles. The summed E-state index contributed by atoms with van der Waals surface area (Å²) in [7, 11) is -3.65. The van der Waals surface area contributed by atoms with Crippen molar-refractivity contribution in [2.24, 2.45) is 11.1 Å². The summed E-state index contributed by atoms with van der Waals surface area (Å²) in [5.41, 5.74) is 0.952. The van der Waals surface area contributed by atoms with E-state index in [9.17, 15) is 13.2 Å². The van der Waals surface area contributed by atoms with Crippen LogP contribution in [0.3, 0.4) is 0 Å². The largest absolute Gasteiger partial charge is 0.356 e. The SMILES string of the molecule is CC(C)CCNCCC(=O)NCCc1ccc(S(N)(=O)=O)cc1. The van der Waals surface area contributed by atoms with Crippen molar-refractivity contribution in [3.63, 3.8) is 0 Å². The highest BCUT2D eigenvalue weighted by Gasteiger charge is 2.07. The number of hydrogen-bond donors (Lipinski definition) is 3. The summed E-state index contributed by atoms with van der Waals surface area (Å²) in [6.45, 7) is 6.48. The van der Waals surface area contributed by atoms with Crippen LogP contribution in [0.25, 0.3) is 0 Å². The molecule has 0 heterocycles. The average Bonchev–Trinajstić information content (AvgIpc) is 2.46. The van der Waals surface area contributed by atoms with E-state index in [2.05, 4.69) is 24.5 Å².